The Morgan fingerprint density at radius 3 is 3.00 bits per heavy atom. The van der Waals surface area contributed by atoms with Crippen LogP contribution in [-0.4, -0.2) is 55.0 Å². The number of hydrogen-bond donors (Lipinski definition) is 2. The highest BCUT2D eigenvalue weighted by Gasteiger charge is 2.20. The molecule has 2 heterocycles. The van der Waals surface area contributed by atoms with E-state index in [1.807, 2.05) is 0 Å². The Labute approximate surface area is 120 Å². The van der Waals surface area contributed by atoms with Crippen LogP contribution in [0.2, 0.25) is 0 Å². The van der Waals surface area contributed by atoms with Gasteiger partial charge in [0.2, 0.25) is 0 Å². The van der Waals surface area contributed by atoms with Gasteiger partial charge in [-0.25, -0.2) is 0 Å². The molecule has 0 saturated carbocycles. The van der Waals surface area contributed by atoms with Crippen LogP contribution in [0.5, 0.6) is 0 Å². The summed E-state index contributed by atoms with van der Waals surface area (Å²) in [6.45, 7) is 5.07. The molecule has 0 amide bonds. The Bertz CT molecular complexity index is 432. The topological polar surface area (TPSA) is 44.7 Å². The molecule has 2 unspecified atom stereocenters. The molecule has 110 valence electrons. The van der Waals surface area contributed by atoms with E-state index in [4.69, 9.17) is 4.74 Å². The Kier molecular flexibility index (Phi) is 4.68. The number of hydrogen-bond acceptors (Lipinski definition) is 4. The van der Waals surface area contributed by atoms with Crippen LogP contribution in [0.1, 0.15) is 17.5 Å². The molecular formula is C16H24N2O2. The highest BCUT2D eigenvalue weighted by atomic mass is 16.5. The Morgan fingerprint density at radius 1 is 1.35 bits per heavy atom. The van der Waals surface area contributed by atoms with Crippen molar-refractivity contribution >= 4 is 0 Å². The molecule has 2 aliphatic rings. The first kappa shape index (κ1) is 14.0. The molecule has 1 aromatic rings. The molecule has 2 aliphatic heterocycles. The predicted molar refractivity (Wildman–Crippen MR) is 78.7 cm³/mol. The summed E-state index contributed by atoms with van der Waals surface area (Å²) in [5.41, 5.74) is 2.85. The van der Waals surface area contributed by atoms with Crippen molar-refractivity contribution in [1.29, 1.82) is 0 Å². The van der Waals surface area contributed by atoms with Crippen LogP contribution in [0, 0.1) is 0 Å². The zero-order valence-corrected chi connectivity index (χ0v) is 11.9. The average molecular weight is 276 g/mol. The van der Waals surface area contributed by atoms with Crippen molar-refractivity contribution < 1.29 is 9.84 Å². The van der Waals surface area contributed by atoms with Crippen LogP contribution >= 0.6 is 0 Å². The van der Waals surface area contributed by atoms with Crippen LogP contribution in [0.15, 0.2) is 24.3 Å². The van der Waals surface area contributed by atoms with Gasteiger partial charge in [-0.1, -0.05) is 24.3 Å². The first-order valence-electron chi connectivity index (χ1n) is 7.61. The fraction of sp³-hybridized carbons (Fsp3) is 0.625. The summed E-state index contributed by atoms with van der Waals surface area (Å²) in [4.78, 5) is 2.32. The van der Waals surface area contributed by atoms with Gasteiger partial charge < -0.3 is 15.2 Å². The number of nitrogens with zero attached hydrogens (tertiary/aromatic N) is 1. The highest BCUT2D eigenvalue weighted by molar-refractivity contribution is 5.29. The van der Waals surface area contributed by atoms with Gasteiger partial charge >= 0.3 is 0 Å². The van der Waals surface area contributed by atoms with Gasteiger partial charge in [0.1, 0.15) is 0 Å². The van der Waals surface area contributed by atoms with Crippen LogP contribution in [0.3, 0.4) is 0 Å². The normalized spacial score (nSPS) is 24.6. The monoisotopic (exact) mass is 276 g/mol. The Balaban J connectivity index is 1.44. The lowest BCUT2D eigenvalue weighted by Crippen LogP contribution is -2.39. The number of aliphatic hydroxyl groups excluding tert-OH is 1. The molecule has 4 nitrogen and oxygen atoms in total. The van der Waals surface area contributed by atoms with Crippen molar-refractivity contribution in [2.75, 3.05) is 32.8 Å². The van der Waals surface area contributed by atoms with Crippen molar-refractivity contribution in [3.8, 4) is 0 Å². The van der Waals surface area contributed by atoms with Gasteiger partial charge in [-0.15, -0.1) is 0 Å². The zero-order chi connectivity index (χ0) is 13.8. The van der Waals surface area contributed by atoms with E-state index >= 15 is 0 Å². The molecule has 0 radical (unpaired) electrons. The van der Waals surface area contributed by atoms with E-state index in [9.17, 15) is 5.11 Å². The summed E-state index contributed by atoms with van der Waals surface area (Å²) in [6, 6.07) is 8.59. The predicted octanol–water partition coefficient (Wildman–Crippen LogP) is 0.784. The van der Waals surface area contributed by atoms with Crippen molar-refractivity contribution in [2.24, 2.45) is 0 Å². The van der Waals surface area contributed by atoms with Crippen molar-refractivity contribution in [3.05, 3.63) is 35.4 Å². The third-order valence-corrected chi connectivity index (χ3v) is 4.22. The van der Waals surface area contributed by atoms with Crippen LogP contribution in [0.4, 0.5) is 0 Å². The van der Waals surface area contributed by atoms with E-state index < -0.39 is 0 Å². The maximum Gasteiger partial charge on any atom is 0.0900 e. The number of aliphatic hydroxyl groups is 1. The fourth-order valence-electron chi connectivity index (χ4n) is 3.08. The van der Waals surface area contributed by atoms with Gasteiger partial charge in [0, 0.05) is 26.2 Å². The summed E-state index contributed by atoms with van der Waals surface area (Å²) in [5, 5.41) is 13.4. The Morgan fingerprint density at radius 2 is 2.20 bits per heavy atom. The minimum Gasteiger partial charge on any atom is -0.389 e. The molecule has 0 aliphatic carbocycles. The number of benzene rings is 1. The summed E-state index contributed by atoms with van der Waals surface area (Å²) >= 11 is 0. The molecule has 4 heteroatoms. The minimum absolute atomic E-state index is 0.284. The number of β-amino-alcohol motifs (C(OH)–C–C–N with tert-alkyl or cyclic N) is 1. The minimum atomic E-state index is -0.388. The number of rotatable bonds is 5. The second kappa shape index (κ2) is 6.68. The van der Waals surface area contributed by atoms with Gasteiger partial charge in [-0.3, -0.25) is 4.90 Å². The van der Waals surface area contributed by atoms with E-state index in [2.05, 4.69) is 34.5 Å². The van der Waals surface area contributed by atoms with Crippen molar-refractivity contribution in [2.45, 2.75) is 31.6 Å². The molecule has 0 bridgehead atoms. The standard InChI is InChI=1S/C16H24N2O2/c19-15(12-20-16-5-7-17-9-16)11-18-8-6-13-3-1-2-4-14(13)10-18/h1-4,15-17,19H,5-12H2. The second-order valence-electron chi connectivity index (χ2n) is 5.86. The van der Waals surface area contributed by atoms with E-state index in [1.54, 1.807) is 0 Å². The number of fused-ring (bicyclic) bond motifs is 1. The average Bonchev–Trinajstić information content (AvgIpc) is 2.98. The molecule has 0 aromatic heterocycles. The van der Waals surface area contributed by atoms with E-state index in [1.165, 1.54) is 11.1 Å². The van der Waals surface area contributed by atoms with E-state index in [-0.39, 0.29) is 12.2 Å². The lowest BCUT2D eigenvalue weighted by Gasteiger charge is -2.30. The molecule has 20 heavy (non-hydrogen) atoms. The molecule has 0 spiro atoms. The molecule has 1 aromatic carbocycles. The summed E-state index contributed by atoms with van der Waals surface area (Å²) in [6.07, 6.45) is 2.03. The third kappa shape index (κ3) is 3.58. The van der Waals surface area contributed by atoms with Gasteiger partial charge in [-0.2, -0.15) is 0 Å². The number of ether oxygens (including phenoxy) is 1. The van der Waals surface area contributed by atoms with Crippen LogP contribution < -0.4 is 5.32 Å². The lowest BCUT2D eigenvalue weighted by molar-refractivity contribution is -0.0155. The summed E-state index contributed by atoms with van der Waals surface area (Å²) < 4.78 is 5.74. The maximum atomic E-state index is 10.1. The SMILES string of the molecule is OC(COC1CCNC1)CN1CCc2ccccc2C1. The maximum absolute atomic E-state index is 10.1. The van der Waals surface area contributed by atoms with E-state index in [0.717, 1.165) is 39.0 Å². The van der Waals surface area contributed by atoms with Crippen LogP contribution in [-0.2, 0) is 17.7 Å². The fourth-order valence-corrected chi connectivity index (χ4v) is 3.08. The van der Waals surface area contributed by atoms with Gasteiger partial charge in [0.05, 0.1) is 18.8 Å². The first-order valence-corrected chi connectivity index (χ1v) is 7.61. The van der Waals surface area contributed by atoms with Gasteiger partial charge in [0.15, 0.2) is 0 Å². The summed E-state index contributed by atoms with van der Waals surface area (Å²) in [5.74, 6) is 0. The smallest absolute Gasteiger partial charge is 0.0900 e. The second-order valence-corrected chi connectivity index (χ2v) is 5.86. The molecule has 1 saturated heterocycles. The highest BCUT2D eigenvalue weighted by Crippen LogP contribution is 2.18. The lowest BCUT2D eigenvalue weighted by atomic mass is 10.00. The van der Waals surface area contributed by atoms with Crippen LogP contribution in [0.25, 0.3) is 0 Å². The molecule has 2 N–H and O–H groups in total. The van der Waals surface area contributed by atoms with Gasteiger partial charge in [0.25, 0.3) is 0 Å². The summed E-state index contributed by atoms with van der Waals surface area (Å²) in [7, 11) is 0. The molecule has 1 fully saturated rings. The van der Waals surface area contributed by atoms with Gasteiger partial charge in [-0.05, 0) is 30.5 Å². The molecular weight excluding hydrogens is 252 g/mol. The molecule has 2 atom stereocenters. The first-order chi connectivity index (χ1) is 9.81. The van der Waals surface area contributed by atoms with E-state index in [0.29, 0.717) is 13.2 Å². The third-order valence-electron chi connectivity index (χ3n) is 4.22. The number of nitrogens with one attached hydrogen (secondary N) is 1. The Hall–Kier alpha value is -0.940. The quantitative estimate of drug-likeness (QED) is 0.834. The molecule has 3 rings (SSSR count). The van der Waals surface area contributed by atoms with Crippen molar-refractivity contribution in [3.63, 3.8) is 0 Å². The largest absolute Gasteiger partial charge is 0.389 e. The van der Waals surface area contributed by atoms with Crippen molar-refractivity contribution in [1.82, 2.24) is 10.2 Å². The zero-order valence-electron chi connectivity index (χ0n) is 11.9.